The fourth-order valence-corrected chi connectivity index (χ4v) is 2.79. The van der Waals surface area contributed by atoms with Crippen LogP contribution in [-0.2, 0) is 21.0 Å². The van der Waals surface area contributed by atoms with Crippen LogP contribution in [0.1, 0.15) is 33.3 Å². The van der Waals surface area contributed by atoms with Gasteiger partial charge >= 0.3 is 5.97 Å². The van der Waals surface area contributed by atoms with Gasteiger partial charge < -0.3 is 9.47 Å². The summed E-state index contributed by atoms with van der Waals surface area (Å²) in [5.41, 5.74) is 5.75. The van der Waals surface area contributed by atoms with Gasteiger partial charge in [0.05, 0.1) is 18.0 Å². The third kappa shape index (κ3) is 5.49. The van der Waals surface area contributed by atoms with Gasteiger partial charge in [0.1, 0.15) is 18.0 Å². The van der Waals surface area contributed by atoms with E-state index in [-0.39, 0.29) is 12.7 Å². The van der Waals surface area contributed by atoms with Gasteiger partial charge in [-0.2, -0.15) is 5.17 Å². The Bertz CT molecular complexity index is 854. The normalized spacial score (nSPS) is 14.7. The molecule has 0 aliphatic carbocycles. The Hall–Kier alpha value is -3.03. The summed E-state index contributed by atoms with van der Waals surface area (Å²) in [6.07, 6.45) is 1.03. The summed E-state index contributed by atoms with van der Waals surface area (Å²) < 4.78 is 11.2. The number of hydrogen-bond donors (Lipinski definition) is 1. The predicted octanol–water partition coefficient (Wildman–Crippen LogP) is 3.94. The number of carbonyl (C=O) groups excluding carboxylic acids is 1. The molecule has 0 saturated carbocycles. The van der Waals surface area contributed by atoms with Gasteiger partial charge in [-0.3, -0.25) is 5.01 Å². The molecule has 2 aromatic rings. The van der Waals surface area contributed by atoms with Crippen molar-refractivity contribution in [3.63, 3.8) is 0 Å². The number of benzene rings is 2. The molecule has 0 saturated heterocycles. The number of nitrogens with zero attached hydrogens (tertiary/aromatic N) is 2. The Morgan fingerprint density at radius 1 is 1.03 bits per heavy atom. The lowest BCUT2D eigenvalue weighted by atomic mass is 10.2. The number of hydroxylamine groups is 1. The van der Waals surface area contributed by atoms with Crippen LogP contribution < -0.4 is 15.3 Å². The van der Waals surface area contributed by atoms with Crippen LogP contribution in [0.4, 0.5) is 5.69 Å². The maximum atomic E-state index is 12.3. The number of allylic oxidation sites excluding steroid dienone is 1. The van der Waals surface area contributed by atoms with Crippen LogP contribution in [-0.4, -0.2) is 23.3 Å². The Kier molecular flexibility index (Phi) is 6.74. The van der Waals surface area contributed by atoms with Crippen LogP contribution in [0.2, 0.25) is 0 Å². The van der Waals surface area contributed by atoms with Crippen molar-refractivity contribution in [2.75, 3.05) is 5.01 Å². The number of para-hydroxylation sites is 2. The topological polar surface area (TPSA) is 63.3 Å². The van der Waals surface area contributed by atoms with Crippen molar-refractivity contribution in [2.24, 2.45) is 0 Å². The van der Waals surface area contributed by atoms with E-state index in [0.29, 0.717) is 0 Å². The smallest absolute Gasteiger partial charge is 0.338 e. The SMILES string of the molecule is CC1=CN(OC(C)C(=O)OCc2ccccc2)NN1c1ccccc1OC(C)C. The van der Waals surface area contributed by atoms with E-state index < -0.39 is 12.1 Å². The summed E-state index contributed by atoms with van der Waals surface area (Å²) >= 11 is 0. The van der Waals surface area contributed by atoms with Crippen molar-refractivity contribution < 1.29 is 19.1 Å². The maximum Gasteiger partial charge on any atom is 0.338 e. The molecule has 1 atom stereocenters. The van der Waals surface area contributed by atoms with Crippen molar-refractivity contribution >= 4 is 11.7 Å². The molecule has 1 N–H and O–H groups in total. The van der Waals surface area contributed by atoms with Crippen molar-refractivity contribution in [3.8, 4) is 5.75 Å². The molecule has 1 unspecified atom stereocenters. The first kappa shape index (κ1) is 20.7. The lowest BCUT2D eigenvalue weighted by Gasteiger charge is -2.26. The number of esters is 1. The summed E-state index contributed by atoms with van der Waals surface area (Å²) in [5, 5.41) is 3.23. The largest absolute Gasteiger partial charge is 0.489 e. The van der Waals surface area contributed by atoms with Crippen LogP contribution in [0.15, 0.2) is 66.5 Å². The molecular weight excluding hydrogens is 370 g/mol. The molecule has 0 aromatic heterocycles. The van der Waals surface area contributed by atoms with Gasteiger partial charge in [0, 0.05) is 0 Å². The van der Waals surface area contributed by atoms with Gasteiger partial charge in [0.25, 0.3) is 0 Å². The average Bonchev–Trinajstić information content (AvgIpc) is 3.06. The number of ether oxygens (including phenoxy) is 2. The first-order valence-electron chi connectivity index (χ1n) is 9.61. The minimum atomic E-state index is -0.780. The lowest BCUT2D eigenvalue weighted by molar-refractivity contribution is -0.206. The predicted molar refractivity (Wildman–Crippen MR) is 110 cm³/mol. The fraction of sp³-hybridized carbons (Fsp3) is 0.318. The third-order valence-corrected chi connectivity index (χ3v) is 4.15. The summed E-state index contributed by atoms with van der Waals surface area (Å²) in [5.74, 6) is 0.309. The average molecular weight is 397 g/mol. The molecule has 0 bridgehead atoms. The number of hydrazine groups is 2. The molecule has 0 amide bonds. The monoisotopic (exact) mass is 397 g/mol. The highest BCUT2D eigenvalue weighted by Crippen LogP contribution is 2.32. The van der Waals surface area contributed by atoms with Crippen LogP contribution in [0, 0.1) is 0 Å². The van der Waals surface area contributed by atoms with E-state index in [1.54, 1.807) is 13.1 Å². The molecule has 7 heteroatoms. The van der Waals surface area contributed by atoms with Crippen LogP contribution in [0.3, 0.4) is 0 Å². The summed E-state index contributed by atoms with van der Waals surface area (Å²) in [4.78, 5) is 17.9. The molecule has 0 spiro atoms. The Labute approximate surface area is 171 Å². The number of rotatable bonds is 8. The molecule has 1 aliphatic heterocycles. The second kappa shape index (κ2) is 9.45. The van der Waals surface area contributed by atoms with Crippen LogP contribution >= 0.6 is 0 Å². The fourth-order valence-electron chi connectivity index (χ4n) is 2.79. The molecular formula is C22H27N3O4. The van der Waals surface area contributed by atoms with E-state index >= 15 is 0 Å². The first-order chi connectivity index (χ1) is 13.9. The maximum absolute atomic E-state index is 12.3. The Balaban J connectivity index is 1.58. The van der Waals surface area contributed by atoms with Crippen molar-refractivity contribution in [2.45, 2.75) is 46.5 Å². The first-order valence-corrected chi connectivity index (χ1v) is 9.61. The van der Waals surface area contributed by atoms with E-state index in [1.807, 2.05) is 80.4 Å². The second-order valence-corrected chi connectivity index (χ2v) is 7.01. The molecule has 0 radical (unpaired) electrons. The summed E-state index contributed by atoms with van der Waals surface area (Å²) in [6.45, 7) is 7.75. The zero-order valence-corrected chi connectivity index (χ0v) is 17.2. The number of nitrogens with one attached hydrogen (secondary N) is 1. The van der Waals surface area contributed by atoms with Gasteiger partial charge in [0.15, 0.2) is 6.10 Å². The standard InChI is InChI=1S/C22H27N3O4/c1-16(2)28-21-13-9-8-12-20(21)25-17(3)14-24(23-25)29-18(4)22(26)27-15-19-10-6-5-7-11-19/h5-14,16,18,23H,15H2,1-4H3. The highest BCUT2D eigenvalue weighted by molar-refractivity contribution is 5.74. The van der Waals surface area contributed by atoms with Crippen LogP contribution in [0.25, 0.3) is 0 Å². The minimum absolute atomic E-state index is 0.0507. The highest BCUT2D eigenvalue weighted by atomic mass is 16.7. The van der Waals surface area contributed by atoms with Gasteiger partial charge in [-0.1, -0.05) is 42.5 Å². The summed E-state index contributed by atoms with van der Waals surface area (Å²) in [6, 6.07) is 17.3. The van der Waals surface area contributed by atoms with Gasteiger partial charge in [-0.25, -0.2) is 9.63 Å². The molecule has 0 fully saturated rings. The number of carbonyl (C=O) groups is 1. The van der Waals surface area contributed by atoms with Crippen molar-refractivity contribution in [1.82, 2.24) is 10.7 Å². The molecule has 3 rings (SSSR count). The molecule has 2 aromatic carbocycles. The van der Waals surface area contributed by atoms with Crippen molar-refractivity contribution in [3.05, 3.63) is 72.1 Å². The summed E-state index contributed by atoms with van der Waals surface area (Å²) in [7, 11) is 0. The highest BCUT2D eigenvalue weighted by Gasteiger charge is 2.26. The van der Waals surface area contributed by atoms with E-state index in [1.165, 1.54) is 5.17 Å². The van der Waals surface area contributed by atoms with Crippen LogP contribution in [0.5, 0.6) is 5.75 Å². The Morgan fingerprint density at radius 2 is 1.72 bits per heavy atom. The molecule has 154 valence electrons. The number of anilines is 1. The minimum Gasteiger partial charge on any atom is -0.489 e. The van der Waals surface area contributed by atoms with Gasteiger partial charge in [-0.05, 0) is 45.4 Å². The van der Waals surface area contributed by atoms with E-state index in [9.17, 15) is 4.79 Å². The molecule has 29 heavy (non-hydrogen) atoms. The van der Waals surface area contributed by atoms with E-state index in [4.69, 9.17) is 14.3 Å². The second-order valence-electron chi connectivity index (χ2n) is 7.01. The van der Waals surface area contributed by atoms with Gasteiger partial charge in [0.2, 0.25) is 0 Å². The van der Waals surface area contributed by atoms with Gasteiger partial charge in [-0.15, -0.1) is 5.53 Å². The zero-order valence-electron chi connectivity index (χ0n) is 17.2. The lowest BCUT2D eigenvalue weighted by Crippen LogP contribution is -2.43. The van der Waals surface area contributed by atoms with E-state index in [2.05, 4.69) is 5.53 Å². The molecule has 1 aliphatic rings. The molecule has 7 nitrogen and oxygen atoms in total. The van der Waals surface area contributed by atoms with Crippen molar-refractivity contribution in [1.29, 1.82) is 0 Å². The quantitative estimate of drug-likeness (QED) is 0.677. The third-order valence-electron chi connectivity index (χ3n) is 4.15. The molecule has 1 heterocycles. The zero-order chi connectivity index (χ0) is 20.8. The Morgan fingerprint density at radius 3 is 2.45 bits per heavy atom. The number of hydrogen-bond acceptors (Lipinski definition) is 7. The van der Waals surface area contributed by atoms with E-state index in [0.717, 1.165) is 22.7 Å².